The van der Waals surface area contributed by atoms with E-state index in [0.29, 0.717) is 72.2 Å². The third-order valence-corrected chi connectivity index (χ3v) is 9.54. The number of aryl methyl sites for hydroxylation is 1. The fourth-order valence-corrected chi connectivity index (χ4v) is 6.76. The number of nitrogens with zero attached hydrogens (tertiary/aromatic N) is 6. The van der Waals surface area contributed by atoms with Gasteiger partial charge in [-0.2, -0.15) is 0 Å². The van der Waals surface area contributed by atoms with Gasteiger partial charge in [0.2, 0.25) is 11.8 Å². The van der Waals surface area contributed by atoms with Crippen LogP contribution in [0.15, 0.2) is 91.1 Å². The molecule has 4 heterocycles. The average Bonchev–Trinajstić information content (AvgIpc) is 3.76. The van der Waals surface area contributed by atoms with E-state index in [2.05, 4.69) is 20.6 Å². The highest BCUT2D eigenvalue weighted by Crippen LogP contribution is 2.31. The van der Waals surface area contributed by atoms with Gasteiger partial charge in [0, 0.05) is 59.1 Å². The number of anilines is 1. The molecule has 2 aliphatic rings. The molecule has 2 saturated heterocycles. The standard InChI is InChI=1S/C37H33Cl2N7O4/c1-23-7-8-24(19-30(23)35(47)40-27-5-3-2-4-6-27)31-22-46(43-42-31)32-15-18-45(37(32)49)28-13-16-44(17-14-28)36(48)25-20-33(39)41-34(21-25)50-29-11-9-26(38)10-12-29/h2-12,19-22,28,32H,13-18H2,1H3,(H,40,47). The maximum atomic E-state index is 13.7. The van der Waals surface area contributed by atoms with E-state index in [-0.39, 0.29) is 34.8 Å². The second-order valence-electron chi connectivity index (χ2n) is 12.4. The Hall–Kier alpha value is -5.26. The zero-order valence-corrected chi connectivity index (χ0v) is 28.6. The molecule has 2 aliphatic heterocycles. The van der Waals surface area contributed by atoms with Crippen molar-refractivity contribution in [2.45, 2.75) is 38.3 Å². The number of para-hydroxylation sites is 1. The number of carbonyl (C=O) groups is 3. The Labute approximate surface area is 298 Å². The molecule has 2 aromatic heterocycles. The molecule has 0 saturated carbocycles. The molecule has 13 heteroatoms. The lowest BCUT2D eigenvalue weighted by Crippen LogP contribution is -2.47. The molecule has 0 spiro atoms. The monoisotopic (exact) mass is 709 g/mol. The van der Waals surface area contributed by atoms with Gasteiger partial charge >= 0.3 is 0 Å². The van der Waals surface area contributed by atoms with Gasteiger partial charge < -0.3 is 19.9 Å². The lowest BCUT2D eigenvalue weighted by Gasteiger charge is -2.36. The van der Waals surface area contributed by atoms with Gasteiger partial charge in [-0.3, -0.25) is 14.4 Å². The molecule has 0 radical (unpaired) electrons. The van der Waals surface area contributed by atoms with Crippen molar-refractivity contribution in [3.05, 3.63) is 118 Å². The van der Waals surface area contributed by atoms with Crippen LogP contribution in [0.5, 0.6) is 11.6 Å². The van der Waals surface area contributed by atoms with Gasteiger partial charge in [0.15, 0.2) is 0 Å². The quantitative estimate of drug-likeness (QED) is 0.171. The Morgan fingerprint density at radius 1 is 0.900 bits per heavy atom. The first-order valence-corrected chi connectivity index (χ1v) is 17.1. The molecule has 254 valence electrons. The summed E-state index contributed by atoms with van der Waals surface area (Å²) < 4.78 is 7.43. The number of nitrogens with one attached hydrogen (secondary N) is 1. The zero-order valence-electron chi connectivity index (χ0n) is 27.1. The van der Waals surface area contributed by atoms with Crippen LogP contribution in [0.1, 0.15) is 51.6 Å². The molecule has 50 heavy (non-hydrogen) atoms. The number of benzene rings is 3. The summed E-state index contributed by atoms with van der Waals surface area (Å²) in [5.41, 5.74) is 3.77. The van der Waals surface area contributed by atoms with Crippen LogP contribution >= 0.6 is 23.2 Å². The first kappa shape index (κ1) is 33.2. The molecular weight excluding hydrogens is 677 g/mol. The second kappa shape index (κ2) is 14.3. The molecule has 3 aromatic carbocycles. The fourth-order valence-electron chi connectivity index (χ4n) is 6.44. The van der Waals surface area contributed by atoms with Gasteiger partial charge in [-0.1, -0.05) is 58.7 Å². The third-order valence-electron chi connectivity index (χ3n) is 9.10. The third kappa shape index (κ3) is 7.19. The fraction of sp³-hybridized carbons (Fsp3) is 0.243. The smallest absolute Gasteiger partial charge is 0.255 e. The summed E-state index contributed by atoms with van der Waals surface area (Å²) in [7, 11) is 0. The van der Waals surface area contributed by atoms with Gasteiger partial charge in [-0.25, -0.2) is 9.67 Å². The zero-order chi connectivity index (χ0) is 34.8. The highest BCUT2D eigenvalue weighted by Gasteiger charge is 2.39. The number of amides is 3. The highest BCUT2D eigenvalue weighted by molar-refractivity contribution is 6.30. The van der Waals surface area contributed by atoms with Crippen molar-refractivity contribution in [3.8, 4) is 22.9 Å². The van der Waals surface area contributed by atoms with Crippen LogP contribution in [0, 0.1) is 6.92 Å². The summed E-state index contributed by atoms with van der Waals surface area (Å²) in [5, 5.41) is 12.3. The highest BCUT2D eigenvalue weighted by atomic mass is 35.5. The molecule has 0 bridgehead atoms. The van der Waals surface area contributed by atoms with Gasteiger partial charge in [0.25, 0.3) is 11.8 Å². The number of aromatic nitrogens is 4. The number of ether oxygens (including phenoxy) is 1. The second-order valence-corrected chi connectivity index (χ2v) is 13.2. The first-order valence-electron chi connectivity index (χ1n) is 16.3. The summed E-state index contributed by atoms with van der Waals surface area (Å²) in [5.74, 6) is 0.329. The van der Waals surface area contributed by atoms with Crippen molar-refractivity contribution in [3.63, 3.8) is 0 Å². The normalized spacial score (nSPS) is 16.5. The maximum Gasteiger partial charge on any atom is 0.255 e. The lowest BCUT2D eigenvalue weighted by atomic mass is 10.0. The van der Waals surface area contributed by atoms with Crippen molar-refractivity contribution < 1.29 is 19.1 Å². The van der Waals surface area contributed by atoms with Crippen LogP contribution in [0.25, 0.3) is 11.3 Å². The number of likely N-dealkylation sites (tertiary alicyclic amines) is 2. The molecule has 2 fully saturated rings. The summed E-state index contributed by atoms with van der Waals surface area (Å²) in [6.45, 7) is 3.46. The SMILES string of the molecule is Cc1ccc(-c2cn(C3CCN(C4CCN(C(=O)c5cc(Cl)nc(Oc6ccc(Cl)cc6)c5)CC4)C3=O)nn2)cc1C(=O)Nc1ccccc1. The Kier molecular flexibility index (Phi) is 9.51. The maximum absolute atomic E-state index is 13.7. The van der Waals surface area contributed by atoms with Crippen molar-refractivity contribution >= 4 is 46.6 Å². The average molecular weight is 711 g/mol. The number of hydrogen-bond donors (Lipinski definition) is 1. The van der Waals surface area contributed by atoms with Crippen molar-refractivity contribution in [1.29, 1.82) is 0 Å². The Morgan fingerprint density at radius 2 is 1.66 bits per heavy atom. The number of halogens is 2. The summed E-state index contributed by atoms with van der Waals surface area (Å²) in [6.07, 6.45) is 3.67. The van der Waals surface area contributed by atoms with Gasteiger partial charge in [-0.05, 0) is 80.3 Å². The van der Waals surface area contributed by atoms with Crippen LogP contribution < -0.4 is 10.1 Å². The summed E-state index contributed by atoms with van der Waals surface area (Å²) >= 11 is 12.2. The van der Waals surface area contributed by atoms with E-state index in [1.807, 2.05) is 54.3 Å². The minimum Gasteiger partial charge on any atom is -0.439 e. The Bertz CT molecular complexity index is 2050. The van der Waals surface area contributed by atoms with Crippen molar-refractivity contribution in [2.75, 3.05) is 25.0 Å². The predicted molar refractivity (Wildman–Crippen MR) is 190 cm³/mol. The van der Waals surface area contributed by atoms with E-state index >= 15 is 0 Å². The van der Waals surface area contributed by atoms with E-state index < -0.39 is 6.04 Å². The molecule has 1 unspecified atom stereocenters. The number of piperidine rings is 1. The molecular formula is C37H33Cl2N7O4. The largest absolute Gasteiger partial charge is 0.439 e. The van der Waals surface area contributed by atoms with Gasteiger partial charge in [0.05, 0.1) is 6.20 Å². The van der Waals surface area contributed by atoms with Gasteiger partial charge in [-0.15, -0.1) is 5.10 Å². The van der Waals surface area contributed by atoms with E-state index in [0.717, 1.165) is 11.1 Å². The predicted octanol–water partition coefficient (Wildman–Crippen LogP) is 7.08. The van der Waals surface area contributed by atoms with Crippen LogP contribution in [0.2, 0.25) is 10.2 Å². The molecule has 5 aromatic rings. The van der Waals surface area contributed by atoms with Crippen LogP contribution in [0.4, 0.5) is 5.69 Å². The molecule has 1 N–H and O–H groups in total. The van der Waals surface area contributed by atoms with E-state index in [1.54, 1.807) is 52.2 Å². The lowest BCUT2D eigenvalue weighted by molar-refractivity contribution is -0.133. The summed E-state index contributed by atoms with van der Waals surface area (Å²) in [6, 6.07) is 24.3. The number of carbonyl (C=O) groups excluding carboxylic acids is 3. The number of pyridine rings is 1. The Morgan fingerprint density at radius 3 is 2.42 bits per heavy atom. The van der Waals surface area contributed by atoms with E-state index in [9.17, 15) is 14.4 Å². The van der Waals surface area contributed by atoms with Gasteiger partial charge in [0.1, 0.15) is 22.6 Å². The van der Waals surface area contributed by atoms with Crippen LogP contribution in [-0.4, -0.2) is 73.2 Å². The van der Waals surface area contributed by atoms with Crippen molar-refractivity contribution in [1.82, 2.24) is 29.8 Å². The van der Waals surface area contributed by atoms with Crippen LogP contribution in [-0.2, 0) is 4.79 Å². The number of hydrogen-bond acceptors (Lipinski definition) is 7. The molecule has 3 amide bonds. The van der Waals surface area contributed by atoms with Crippen molar-refractivity contribution in [2.24, 2.45) is 0 Å². The molecule has 0 aliphatic carbocycles. The molecule has 1 atom stereocenters. The van der Waals surface area contributed by atoms with Crippen LogP contribution in [0.3, 0.4) is 0 Å². The van der Waals surface area contributed by atoms with E-state index in [4.69, 9.17) is 27.9 Å². The Balaban J connectivity index is 0.967. The topological polar surface area (TPSA) is 123 Å². The van der Waals surface area contributed by atoms with E-state index in [1.165, 1.54) is 6.07 Å². The summed E-state index contributed by atoms with van der Waals surface area (Å²) in [4.78, 5) is 48.0. The molecule has 7 rings (SSSR count). The minimum absolute atomic E-state index is 0.00662. The minimum atomic E-state index is -0.472. The number of rotatable bonds is 8. The first-order chi connectivity index (χ1) is 24.2. The molecule has 11 nitrogen and oxygen atoms in total.